The van der Waals surface area contributed by atoms with E-state index in [9.17, 15) is 9.90 Å². The van der Waals surface area contributed by atoms with Gasteiger partial charge in [-0.25, -0.2) is 0 Å². The average molecular weight is 307 g/mol. The van der Waals surface area contributed by atoms with Gasteiger partial charge in [-0.3, -0.25) is 4.79 Å². The summed E-state index contributed by atoms with van der Waals surface area (Å²) in [5.74, 6) is 1.14. The lowest BCUT2D eigenvalue weighted by Gasteiger charge is -2.31. The maximum Gasteiger partial charge on any atom is 0.237 e. The summed E-state index contributed by atoms with van der Waals surface area (Å²) in [4.78, 5) is 12.5. The Morgan fingerprint density at radius 1 is 1.52 bits per heavy atom. The monoisotopic (exact) mass is 307 g/mol. The normalized spacial score (nSPS) is 22.0. The van der Waals surface area contributed by atoms with E-state index in [4.69, 9.17) is 0 Å². The lowest BCUT2D eigenvalue weighted by Crippen LogP contribution is -2.46. The van der Waals surface area contributed by atoms with E-state index >= 15 is 0 Å². The van der Waals surface area contributed by atoms with Gasteiger partial charge in [-0.2, -0.15) is 0 Å². The zero-order valence-corrected chi connectivity index (χ0v) is 13.9. The van der Waals surface area contributed by atoms with E-state index in [0.29, 0.717) is 6.54 Å². The number of rotatable bonds is 5. The predicted octanol–water partition coefficient (Wildman–Crippen LogP) is 2.93. The second-order valence-electron chi connectivity index (χ2n) is 6.08. The fourth-order valence-corrected chi connectivity index (χ4v) is 3.80. The van der Waals surface area contributed by atoms with Gasteiger partial charge in [-0.15, -0.1) is 11.8 Å². The minimum atomic E-state index is -0.858. The Morgan fingerprint density at radius 3 is 2.95 bits per heavy atom. The molecule has 0 fully saturated rings. The van der Waals surface area contributed by atoms with Crippen LogP contribution in [0, 0.1) is 5.92 Å². The van der Waals surface area contributed by atoms with E-state index in [1.807, 2.05) is 32.0 Å². The molecule has 0 radical (unpaired) electrons. The molecule has 1 aliphatic rings. The van der Waals surface area contributed by atoms with Gasteiger partial charge in [-0.05, 0) is 36.1 Å². The zero-order valence-electron chi connectivity index (χ0n) is 13.1. The van der Waals surface area contributed by atoms with Crippen molar-refractivity contribution >= 4 is 17.7 Å². The second-order valence-corrected chi connectivity index (χ2v) is 7.30. The molecule has 0 aliphatic carbocycles. The first kappa shape index (κ1) is 16.4. The maximum absolute atomic E-state index is 12.5. The summed E-state index contributed by atoms with van der Waals surface area (Å²) in [5, 5.41) is 13.2. The van der Waals surface area contributed by atoms with Crippen LogP contribution in [0.3, 0.4) is 0 Å². The van der Waals surface area contributed by atoms with Crippen LogP contribution in [0.1, 0.15) is 43.6 Å². The fraction of sp³-hybridized carbons (Fsp3) is 0.588. The standard InChI is InChI=1S/C17H25NO2S/c1-4-12(2)17(3,20)11-18-16(19)15-14-8-6-5-7-13(14)9-10-21-15/h5-8,12,15,20H,4,9-11H2,1-3H3,(H,18,19). The Bertz CT molecular complexity index is 501. The molecule has 1 aromatic rings. The van der Waals surface area contributed by atoms with Gasteiger partial charge >= 0.3 is 0 Å². The SMILES string of the molecule is CCC(C)C(C)(O)CNC(=O)C1SCCc2ccccc21. The van der Waals surface area contributed by atoms with Gasteiger partial charge in [0, 0.05) is 6.54 Å². The van der Waals surface area contributed by atoms with Gasteiger partial charge in [-0.1, -0.05) is 44.5 Å². The Labute approximate surface area is 131 Å². The van der Waals surface area contributed by atoms with Crippen molar-refractivity contribution in [2.24, 2.45) is 5.92 Å². The molecular formula is C17H25NO2S. The highest BCUT2D eigenvalue weighted by Crippen LogP contribution is 2.36. The van der Waals surface area contributed by atoms with Crippen molar-refractivity contribution in [3.8, 4) is 0 Å². The topological polar surface area (TPSA) is 49.3 Å². The lowest BCUT2D eigenvalue weighted by atomic mass is 9.88. The van der Waals surface area contributed by atoms with Gasteiger partial charge in [0.2, 0.25) is 5.91 Å². The number of carbonyl (C=O) groups is 1. The lowest BCUT2D eigenvalue weighted by molar-refractivity contribution is -0.122. The Hall–Kier alpha value is -1.00. The third-order valence-corrected chi connectivity index (χ3v) is 5.77. The first-order valence-electron chi connectivity index (χ1n) is 7.65. The minimum Gasteiger partial charge on any atom is -0.388 e. The summed E-state index contributed by atoms with van der Waals surface area (Å²) >= 11 is 1.69. The van der Waals surface area contributed by atoms with Crippen LogP contribution < -0.4 is 5.32 Å². The maximum atomic E-state index is 12.5. The van der Waals surface area contributed by atoms with Crippen molar-refractivity contribution in [1.29, 1.82) is 0 Å². The number of hydrogen-bond donors (Lipinski definition) is 2. The molecule has 116 valence electrons. The van der Waals surface area contributed by atoms with Gasteiger partial charge in [0.25, 0.3) is 0 Å². The number of carbonyl (C=O) groups excluding carboxylic acids is 1. The van der Waals surface area contributed by atoms with E-state index in [0.717, 1.165) is 24.2 Å². The molecule has 1 aromatic carbocycles. The molecular weight excluding hydrogens is 282 g/mol. The summed E-state index contributed by atoms with van der Waals surface area (Å²) in [6.07, 6.45) is 1.92. The van der Waals surface area contributed by atoms with Crippen LogP contribution >= 0.6 is 11.8 Å². The molecule has 2 rings (SSSR count). The second kappa shape index (κ2) is 6.84. The average Bonchev–Trinajstić information content (AvgIpc) is 2.51. The fourth-order valence-electron chi connectivity index (χ4n) is 2.58. The molecule has 4 heteroatoms. The van der Waals surface area contributed by atoms with Crippen LogP contribution in [0.4, 0.5) is 0 Å². The van der Waals surface area contributed by atoms with Crippen molar-refractivity contribution in [1.82, 2.24) is 5.32 Å². The molecule has 1 aliphatic heterocycles. The molecule has 3 nitrogen and oxygen atoms in total. The van der Waals surface area contributed by atoms with Crippen LogP contribution in [-0.4, -0.2) is 28.9 Å². The predicted molar refractivity (Wildman–Crippen MR) is 88.4 cm³/mol. The molecule has 3 unspecified atom stereocenters. The molecule has 0 spiro atoms. The van der Waals surface area contributed by atoms with Crippen molar-refractivity contribution in [3.05, 3.63) is 35.4 Å². The third-order valence-electron chi connectivity index (χ3n) is 4.53. The molecule has 3 atom stereocenters. The number of benzene rings is 1. The Balaban J connectivity index is 2.02. The molecule has 1 heterocycles. The van der Waals surface area contributed by atoms with Crippen molar-refractivity contribution in [2.75, 3.05) is 12.3 Å². The zero-order chi connectivity index (χ0) is 15.5. The number of aryl methyl sites for hydroxylation is 1. The van der Waals surface area contributed by atoms with E-state index in [2.05, 4.69) is 11.4 Å². The van der Waals surface area contributed by atoms with Crippen LogP contribution in [0.2, 0.25) is 0 Å². The minimum absolute atomic E-state index is 0.00993. The van der Waals surface area contributed by atoms with Crippen LogP contribution in [0.25, 0.3) is 0 Å². The summed E-state index contributed by atoms with van der Waals surface area (Å²) in [6, 6.07) is 8.15. The number of aliphatic hydroxyl groups is 1. The van der Waals surface area contributed by atoms with Gasteiger partial charge in [0.1, 0.15) is 5.25 Å². The van der Waals surface area contributed by atoms with Crippen molar-refractivity contribution < 1.29 is 9.90 Å². The van der Waals surface area contributed by atoms with Gasteiger partial charge < -0.3 is 10.4 Å². The summed E-state index contributed by atoms with van der Waals surface area (Å²) in [7, 11) is 0. The van der Waals surface area contributed by atoms with Crippen molar-refractivity contribution in [2.45, 2.75) is 44.5 Å². The first-order chi connectivity index (χ1) is 9.95. The van der Waals surface area contributed by atoms with Crippen LogP contribution in [0.15, 0.2) is 24.3 Å². The summed E-state index contributed by atoms with van der Waals surface area (Å²) in [6.45, 7) is 6.16. The van der Waals surface area contributed by atoms with E-state index in [1.54, 1.807) is 18.7 Å². The Morgan fingerprint density at radius 2 is 2.24 bits per heavy atom. The number of nitrogens with one attached hydrogen (secondary N) is 1. The van der Waals surface area contributed by atoms with Gasteiger partial charge in [0.05, 0.1) is 5.60 Å². The number of thioether (sulfide) groups is 1. The molecule has 0 aromatic heterocycles. The summed E-state index contributed by atoms with van der Waals surface area (Å²) < 4.78 is 0. The molecule has 1 amide bonds. The molecule has 0 saturated carbocycles. The van der Waals surface area contributed by atoms with E-state index in [-0.39, 0.29) is 17.1 Å². The van der Waals surface area contributed by atoms with E-state index < -0.39 is 5.60 Å². The van der Waals surface area contributed by atoms with Crippen molar-refractivity contribution in [3.63, 3.8) is 0 Å². The summed E-state index contributed by atoms with van der Waals surface area (Å²) in [5.41, 5.74) is 1.53. The highest BCUT2D eigenvalue weighted by atomic mass is 32.2. The Kier molecular flexibility index (Phi) is 5.33. The molecule has 0 bridgehead atoms. The molecule has 21 heavy (non-hydrogen) atoms. The van der Waals surface area contributed by atoms with Gasteiger partial charge in [0.15, 0.2) is 0 Å². The van der Waals surface area contributed by atoms with E-state index in [1.165, 1.54) is 5.56 Å². The first-order valence-corrected chi connectivity index (χ1v) is 8.70. The highest BCUT2D eigenvalue weighted by Gasteiger charge is 2.31. The number of hydrogen-bond acceptors (Lipinski definition) is 3. The van der Waals surface area contributed by atoms with Crippen LogP contribution in [-0.2, 0) is 11.2 Å². The van der Waals surface area contributed by atoms with Crippen LogP contribution in [0.5, 0.6) is 0 Å². The third kappa shape index (κ3) is 3.80. The smallest absolute Gasteiger partial charge is 0.237 e. The number of amides is 1. The molecule has 0 saturated heterocycles. The largest absolute Gasteiger partial charge is 0.388 e. The quantitative estimate of drug-likeness (QED) is 0.879. The highest BCUT2D eigenvalue weighted by molar-refractivity contribution is 8.00. The number of fused-ring (bicyclic) bond motifs is 1. The molecule has 2 N–H and O–H groups in total.